The molecule has 1 N–H and O–H groups in total. The first-order valence-corrected chi connectivity index (χ1v) is 9.74. The average Bonchev–Trinajstić information content (AvgIpc) is 2.61. The van der Waals surface area contributed by atoms with Gasteiger partial charge in [-0.1, -0.05) is 12.1 Å². The number of nitrogens with one attached hydrogen (secondary N) is 1. The molecule has 0 heterocycles. The normalized spacial score (nSPS) is 10.9. The number of para-hydroxylation sites is 2. The Hall–Kier alpha value is -2.74. The summed E-state index contributed by atoms with van der Waals surface area (Å²) in [7, 11) is -0.484. The van der Waals surface area contributed by atoms with Crippen molar-refractivity contribution in [1.29, 1.82) is 0 Å². The summed E-state index contributed by atoms with van der Waals surface area (Å²) < 4.78 is 35.7. The molecular weight excluding hydrogens is 356 g/mol. The van der Waals surface area contributed by atoms with Crippen molar-refractivity contribution >= 4 is 27.3 Å². The minimum Gasteiger partial charge on any atom is -0.497 e. The summed E-state index contributed by atoms with van der Waals surface area (Å²) in [5.74, 6) is 0.851. The Labute approximate surface area is 153 Å². The highest BCUT2D eigenvalue weighted by Crippen LogP contribution is 2.24. The van der Waals surface area contributed by atoms with E-state index in [0.717, 1.165) is 6.26 Å². The van der Waals surface area contributed by atoms with Gasteiger partial charge in [0.15, 0.2) is 0 Å². The summed E-state index contributed by atoms with van der Waals surface area (Å²) in [4.78, 5) is 12.2. The van der Waals surface area contributed by atoms with E-state index in [1.165, 1.54) is 18.5 Å². The van der Waals surface area contributed by atoms with E-state index in [2.05, 4.69) is 5.32 Å². The van der Waals surface area contributed by atoms with Gasteiger partial charge in [0.25, 0.3) is 0 Å². The van der Waals surface area contributed by atoms with Crippen molar-refractivity contribution in [3.05, 3.63) is 48.5 Å². The van der Waals surface area contributed by atoms with Gasteiger partial charge in [-0.15, -0.1) is 0 Å². The van der Waals surface area contributed by atoms with Crippen molar-refractivity contribution < 1.29 is 22.7 Å². The third-order valence-electron chi connectivity index (χ3n) is 3.68. The zero-order valence-corrected chi connectivity index (χ0v) is 15.7. The van der Waals surface area contributed by atoms with Crippen LogP contribution < -0.4 is 19.1 Å². The van der Waals surface area contributed by atoms with Crippen LogP contribution in [0.2, 0.25) is 0 Å². The molecule has 0 radical (unpaired) electrons. The molecule has 26 heavy (non-hydrogen) atoms. The van der Waals surface area contributed by atoms with E-state index >= 15 is 0 Å². The van der Waals surface area contributed by atoms with E-state index in [9.17, 15) is 13.2 Å². The van der Waals surface area contributed by atoms with Crippen LogP contribution in [-0.4, -0.2) is 41.3 Å². The van der Waals surface area contributed by atoms with Gasteiger partial charge in [0, 0.05) is 13.0 Å². The first kappa shape index (κ1) is 19.6. The fourth-order valence-corrected chi connectivity index (χ4v) is 3.33. The number of amides is 1. The molecule has 0 saturated carbocycles. The monoisotopic (exact) mass is 378 g/mol. The predicted octanol–water partition coefficient (Wildman–Crippen LogP) is 2.50. The van der Waals surface area contributed by atoms with Gasteiger partial charge in [0.2, 0.25) is 15.9 Å². The molecule has 140 valence electrons. The molecule has 0 bridgehead atoms. The average molecular weight is 378 g/mol. The quantitative estimate of drug-likeness (QED) is 0.763. The van der Waals surface area contributed by atoms with Crippen LogP contribution in [-0.2, 0) is 14.8 Å². The largest absolute Gasteiger partial charge is 0.497 e. The molecule has 0 atom stereocenters. The van der Waals surface area contributed by atoms with E-state index in [1.807, 2.05) is 0 Å². The first-order valence-electron chi connectivity index (χ1n) is 7.90. The van der Waals surface area contributed by atoms with Gasteiger partial charge >= 0.3 is 0 Å². The summed E-state index contributed by atoms with van der Waals surface area (Å²) in [6.07, 6.45) is 1.10. The number of ether oxygens (including phenoxy) is 2. The van der Waals surface area contributed by atoms with E-state index in [4.69, 9.17) is 9.47 Å². The molecule has 0 unspecified atom stereocenters. The summed E-state index contributed by atoms with van der Waals surface area (Å²) in [6.45, 7) is 0.0200. The second-order valence-electron chi connectivity index (χ2n) is 5.53. The second-order valence-corrected chi connectivity index (χ2v) is 7.44. The number of hydrogen-bond acceptors (Lipinski definition) is 5. The van der Waals surface area contributed by atoms with Crippen molar-refractivity contribution in [1.82, 2.24) is 0 Å². The van der Waals surface area contributed by atoms with E-state index in [1.54, 1.807) is 48.5 Å². The topological polar surface area (TPSA) is 84.9 Å². The molecule has 7 nitrogen and oxygen atoms in total. The lowest BCUT2D eigenvalue weighted by Gasteiger charge is -2.22. The minimum absolute atomic E-state index is 0.00283. The van der Waals surface area contributed by atoms with Crippen LogP contribution in [0.25, 0.3) is 0 Å². The van der Waals surface area contributed by atoms with E-state index < -0.39 is 10.0 Å². The lowest BCUT2D eigenvalue weighted by atomic mass is 10.2. The third-order valence-corrected chi connectivity index (χ3v) is 4.88. The second kappa shape index (κ2) is 8.57. The van der Waals surface area contributed by atoms with Gasteiger partial charge in [0.05, 0.1) is 31.9 Å². The fraction of sp³-hybridized carbons (Fsp3) is 0.278. The number of carbonyl (C=O) groups excluding carboxylic acids is 1. The molecular formula is C18H22N2O5S. The van der Waals surface area contributed by atoms with E-state index in [-0.39, 0.29) is 18.9 Å². The first-order chi connectivity index (χ1) is 12.3. The molecule has 0 aromatic heterocycles. The number of carbonyl (C=O) groups is 1. The Morgan fingerprint density at radius 2 is 1.69 bits per heavy atom. The molecule has 0 aliphatic carbocycles. The molecule has 0 spiro atoms. The van der Waals surface area contributed by atoms with Gasteiger partial charge in [-0.2, -0.15) is 0 Å². The molecule has 0 aliphatic heterocycles. The Balaban J connectivity index is 2.08. The van der Waals surface area contributed by atoms with Crippen LogP contribution in [0, 0.1) is 0 Å². The van der Waals surface area contributed by atoms with Crippen LogP contribution in [0.3, 0.4) is 0 Å². The van der Waals surface area contributed by atoms with E-state index in [0.29, 0.717) is 22.9 Å². The summed E-state index contributed by atoms with van der Waals surface area (Å²) >= 11 is 0. The maximum absolute atomic E-state index is 12.2. The van der Waals surface area contributed by atoms with Gasteiger partial charge < -0.3 is 14.8 Å². The predicted molar refractivity (Wildman–Crippen MR) is 101 cm³/mol. The SMILES string of the molecule is COc1ccc(N(CCC(=O)Nc2ccccc2OC)S(C)(=O)=O)cc1. The van der Waals surface area contributed by atoms with Gasteiger partial charge in [-0.05, 0) is 36.4 Å². The van der Waals surface area contributed by atoms with Crippen molar-refractivity contribution in [2.75, 3.05) is 36.6 Å². The maximum Gasteiger partial charge on any atom is 0.232 e. The number of hydrogen-bond donors (Lipinski definition) is 1. The van der Waals surface area contributed by atoms with Gasteiger partial charge in [0.1, 0.15) is 11.5 Å². The van der Waals surface area contributed by atoms with Crippen LogP contribution in [0.15, 0.2) is 48.5 Å². The number of methoxy groups -OCH3 is 2. The van der Waals surface area contributed by atoms with Crippen LogP contribution in [0.4, 0.5) is 11.4 Å². The number of rotatable bonds is 8. The molecule has 0 fully saturated rings. The number of sulfonamides is 1. The van der Waals surface area contributed by atoms with Crippen LogP contribution in [0.1, 0.15) is 6.42 Å². The fourth-order valence-electron chi connectivity index (χ4n) is 2.40. The van der Waals surface area contributed by atoms with Crippen molar-refractivity contribution in [2.45, 2.75) is 6.42 Å². The standard InChI is InChI=1S/C18H22N2O5S/c1-24-15-10-8-14(9-11-15)20(26(3,22)23)13-12-18(21)19-16-6-4-5-7-17(16)25-2/h4-11H,12-13H2,1-3H3,(H,19,21). The number of anilines is 2. The molecule has 2 aromatic carbocycles. The lowest BCUT2D eigenvalue weighted by molar-refractivity contribution is -0.116. The highest BCUT2D eigenvalue weighted by Gasteiger charge is 2.19. The number of benzene rings is 2. The maximum atomic E-state index is 12.2. The van der Waals surface area contributed by atoms with Crippen LogP contribution in [0.5, 0.6) is 11.5 Å². The molecule has 2 aromatic rings. The smallest absolute Gasteiger partial charge is 0.232 e. The minimum atomic E-state index is -3.53. The highest BCUT2D eigenvalue weighted by atomic mass is 32.2. The van der Waals surface area contributed by atoms with Crippen molar-refractivity contribution in [3.63, 3.8) is 0 Å². The molecule has 8 heteroatoms. The summed E-state index contributed by atoms with van der Waals surface area (Å²) in [6, 6.07) is 13.6. The third kappa shape index (κ3) is 5.13. The highest BCUT2D eigenvalue weighted by molar-refractivity contribution is 7.92. The van der Waals surface area contributed by atoms with Gasteiger partial charge in [-0.25, -0.2) is 8.42 Å². The van der Waals surface area contributed by atoms with Crippen molar-refractivity contribution in [3.8, 4) is 11.5 Å². The van der Waals surface area contributed by atoms with Gasteiger partial charge in [-0.3, -0.25) is 9.10 Å². The summed E-state index contributed by atoms with van der Waals surface area (Å²) in [5.41, 5.74) is 1.01. The van der Waals surface area contributed by atoms with Crippen molar-refractivity contribution in [2.24, 2.45) is 0 Å². The Morgan fingerprint density at radius 1 is 1.04 bits per heavy atom. The Morgan fingerprint density at radius 3 is 2.27 bits per heavy atom. The zero-order chi connectivity index (χ0) is 19.2. The molecule has 0 saturated heterocycles. The lowest BCUT2D eigenvalue weighted by Crippen LogP contribution is -2.33. The molecule has 2 rings (SSSR count). The Kier molecular flexibility index (Phi) is 6.46. The van der Waals surface area contributed by atoms with Crippen LogP contribution >= 0.6 is 0 Å². The molecule has 0 aliphatic rings. The number of nitrogens with zero attached hydrogens (tertiary/aromatic N) is 1. The molecule has 1 amide bonds. The Bertz CT molecular complexity index is 850. The zero-order valence-electron chi connectivity index (χ0n) is 14.9. The summed E-state index contributed by atoms with van der Waals surface area (Å²) in [5, 5.41) is 2.73.